The van der Waals surface area contributed by atoms with Crippen LogP contribution < -0.4 is 16.0 Å². The van der Waals surface area contributed by atoms with Crippen molar-refractivity contribution in [2.75, 3.05) is 36.5 Å². The van der Waals surface area contributed by atoms with Crippen LogP contribution in [0.2, 0.25) is 0 Å². The SMILES string of the molecule is CCNc1cc(N2CCOCC2C(N)=O)nc(C)n1. The summed E-state index contributed by atoms with van der Waals surface area (Å²) in [7, 11) is 0. The van der Waals surface area contributed by atoms with Gasteiger partial charge < -0.3 is 20.7 Å². The van der Waals surface area contributed by atoms with Gasteiger partial charge in [-0.05, 0) is 13.8 Å². The second-order valence-corrected chi connectivity index (χ2v) is 4.38. The maximum atomic E-state index is 11.5. The summed E-state index contributed by atoms with van der Waals surface area (Å²) in [4.78, 5) is 22.0. The molecule has 1 aromatic heterocycles. The van der Waals surface area contributed by atoms with E-state index in [-0.39, 0.29) is 0 Å². The molecule has 7 heteroatoms. The van der Waals surface area contributed by atoms with Crippen LogP contribution in [-0.2, 0) is 9.53 Å². The van der Waals surface area contributed by atoms with Gasteiger partial charge in [0.05, 0.1) is 13.2 Å². The van der Waals surface area contributed by atoms with Crippen LogP contribution in [-0.4, -0.2) is 48.2 Å². The molecule has 2 rings (SSSR count). The van der Waals surface area contributed by atoms with Crippen molar-refractivity contribution in [3.8, 4) is 0 Å². The van der Waals surface area contributed by atoms with Gasteiger partial charge in [0.15, 0.2) is 0 Å². The molecule has 1 saturated heterocycles. The molecule has 104 valence electrons. The first kappa shape index (κ1) is 13.5. The van der Waals surface area contributed by atoms with Gasteiger partial charge in [-0.2, -0.15) is 0 Å². The lowest BCUT2D eigenvalue weighted by atomic mass is 10.2. The van der Waals surface area contributed by atoms with Crippen LogP contribution in [0.4, 0.5) is 11.6 Å². The molecule has 1 aromatic rings. The van der Waals surface area contributed by atoms with Crippen LogP contribution in [0.1, 0.15) is 12.7 Å². The van der Waals surface area contributed by atoms with E-state index in [4.69, 9.17) is 10.5 Å². The quantitative estimate of drug-likeness (QED) is 0.790. The van der Waals surface area contributed by atoms with Crippen molar-refractivity contribution < 1.29 is 9.53 Å². The van der Waals surface area contributed by atoms with E-state index in [2.05, 4.69) is 15.3 Å². The topological polar surface area (TPSA) is 93.4 Å². The molecular weight excluding hydrogens is 246 g/mol. The van der Waals surface area contributed by atoms with Crippen molar-refractivity contribution in [1.82, 2.24) is 9.97 Å². The molecule has 1 fully saturated rings. The number of anilines is 2. The standard InChI is InChI=1S/C12H19N5O2/c1-3-14-10-6-11(16-8(2)15-10)17-4-5-19-7-9(17)12(13)18/h6,9H,3-5,7H2,1-2H3,(H2,13,18)(H,14,15,16). The number of rotatable bonds is 4. The third kappa shape index (κ3) is 3.11. The zero-order valence-electron chi connectivity index (χ0n) is 11.2. The molecular formula is C12H19N5O2. The Morgan fingerprint density at radius 2 is 2.42 bits per heavy atom. The number of nitrogens with zero attached hydrogens (tertiary/aromatic N) is 3. The third-order valence-corrected chi connectivity index (χ3v) is 2.93. The molecule has 0 spiro atoms. The lowest BCUT2D eigenvalue weighted by molar-refractivity contribution is -0.121. The van der Waals surface area contributed by atoms with Crippen molar-refractivity contribution in [1.29, 1.82) is 0 Å². The molecule has 3 N–H and O–H groups in total. The fourth-order valence-corrected chi connectivity index (χ4v) is 2.08. The highest BCUT2D eigenvalue weighted by Crippen LogP contribution is 2.20. The summed E-state index contributed by atoms with van der Waals surface area (Å²) in [5.74, 6) is 1.71. The Kier molecular flexibility index (Phi) is 4.16. The van der Waals surface area contributed by atoms with Crippen molar-refractivity contribution in [3.63, 3.8) is 0 Å². The number of nitrogens with two attached hydrogens (primary N) is 1. The summed E-state index contributed by atoms with van der Waals surface area (Å²) >= 11 is 0. The minimum atomic E-state index is -0.475. The van der Waals surface area contributed by atoms with E-state index in [0.717, 1.165) is 12.4 Å². The van der Waals surface area contributed by atoms with Crippen LogP contribution in [0.15, 0.2) is 6.07 Å². The van der Waals surface area contributed by atoms with E-state index in [0.29, 0.717) is 31.4 Å². The predicted octanol–water partition coefficient (Wildman–Crippen LogP) is -0.0927. The number of hydrogen-bond donors (Lipinski definition) is 2. The van der Waals surface area contributed by atoms with E-state index < -0.39 is 11.9 Å². The molecule has 0 aliphatic carbocycles. The first-order chi connectivity index (χ1) is 9.11. The van der Waals surface area contributed by atoms with Gasteiger partial charge in [0, 0.05) is 19.2 Å². The predicted molar refractivity (Wildman–Crippen MR) is 72.1 cm³/mol. The Morgan fingerprint density at radius 1 is 1.63 bits per heavy atom. The molecule has 0 aromatic carbocycles. The maximum absolute atomic E-state index is 11.5. The van der Waals surface area contributed by atoms with Crippen molar-refractivity contribution >= 4 is 17.5 Å². The Morgan fingerprint density at radius 3 is 3.11 bits per heavy atom. The zero-order valence-corrected chi connectivity index (χ0v) is 11.2. The largest absolute Gasteiger partial charge is 0.377 e. The minimum Gasteiger partial charge on any atom is -0.377 e. The molecule has 7 nitrogen and oxygen atoms in total. The van der Waals surface area contributed by atoms with Crippen LogP contribution >= 0.6 is 0 Å². The first-order valence-electron chi connectivity index (χ1n) is 6.35. The highest BCUT2D eigenvalue weighted by molar-refractivity contribution is 5.83. The lowest BCUT2D eigenvalue weighted by Crippen LogP contribution is -2.53. The van der Waals surface area contributed by atoms with Crippen LogP contribution in [0.25, 0.3) is 0 Å². The number of hydrogen-bond acceptors (Lipinski definition) is 6. The van der Waals surface area contributed by atoms with Gasteiger partial charge >= 0.3 is 0 Å². The van der Waals surface area contributed by atoms with Crippen molar-refractivity contribution in [2.45, 2.75) is 19.9 Å². The molecule has 1 aliphatic heterocycles. The average Bonchev–Trinajstić information content (AvgIpc) is 2.38. The summed E-state index contributed by atoms with van der Waals surface area (Å²) in [6.07, 6.45) is 0. The van der Waals surface area contributed by atoms with Crippen molar-refractivity contribution in [2.24, 2.45) is 5.73 Å². The number of aryl methyl sites for hydroxylation is 1. The molecule has 1 unspecified atom stereocenters. The molecule has 1 atom stereocenters. The highest BCUT2D eigenvalue weighted by Gasteiger charge is 2.29. The fraction of sp³-hybridized carbons (Fsp3) is 0.583. The first-order valence-corrected chi connectivity index (χ1v) is 6.35. The average molecular weight is 265 g/mol. The summed E-state index contributed by atoms with van der Waals surface area (Å²) < 4.78 is 5.30. The smallest absolute Gasteiger partial charge is 0.242 e. The fourth-order valence-electron chi connectivity index (χ4n) is 2.08. The summed E-state index contributed by atoms with van der Waals surface area (Å²) in [6, 6.07) is 1.36. The van der Waals surface area contributed by atoms with E-state index in [9.17, 15) is 4.79 Å². The summed E-state index contributed by atoms with van der Waals surface area (Å²) in [5, 5.41) is 3.15. The van der Waals surface area contributed by atoms with Gasteiger partial charge in [-0.3, -0.25) is 4.79 Å². The lowest BCUT2D eigenvalue weighted by Gasteiger charge is -2.34. The van der Waals surface area contributed by atoms with E-state index in [1.165, 1.54) is 0 Å². The second-order valence-electron chi connectivity index (χ2n) is 4.38. The van der Waals surface area contributed by atoms with E-state index in [1.54, 1.807) is 0 Å². The number of ether oxygens (including phenoxy) is 1. The number of primary amides is 1. The molecule has 0 radical (unpaired) electrons. The van der Waals surface area contributed by atoms with Gasteiger partial charge in [0.1, 0.15) is 23.5 Å². The van der Waals surface area contributed by atoms with Gasteiger partial charge in [-0.15, -0.1) is 0 Å². The highest BCUT2D eigenvalue weighted by atomic mass is 16.5. The van der Waals surface area contributed by atoms with Crippen LogP contribution in [0.3, 0.4) is 0 Å². The third-order valence-electron chi connectivity index (χ3n) is 2.93. The number of amides is 1. The molecule has 2 heterocycles. The number of morpholine rings is 1. The second kappa shape index (κ2) is 5.83. The normalized spacial score (nSPS) is 19.3. The minimum absolute atomic E-state index is 0.301. The van der Waals surface area contributed by atoms with Crippen molar-refractivity contribution in [3.05, 3.63) is 11.9 Å². The number of aromatic nitrogens is 2. The Hall–Kier alpha value is -1.89. The Balaban J connectivity index is 2.30. The molecule has 1 amide bonds. The van der Waals surface area contributed by atoms with Crippen LogP contribution in [0.5, 0.6) is 0 Å². The molecule has 19 heavy (non-hydrogen) atoms. The van der Waals surface area contributed by atoms with Gasteiger partial charge in [0.25, 0.3) is 0 Å². The Bertz CT molecular complexity index is 465. The van der Waals surface area contributed by atoms with E-state index in [1.807, 2.05) is 24.8 Å². The van der Waals surface area contributed by atoms with E-state index >= 15 is 0 Å². The number of nitrogens with one attached hydrogen (secondary N) is 1. The van der Waals surface area contributed by atoms with Gasteiger partial charge in [0.2, 0.25) is 5.91 Å². The monoisotopic (exact) mass is 265 g/mol. The zero-order chi connectivity index (χ0) is 13.8. The molecule has 1 aliphatic rings. The molecule has 0 bridgehead atoms. The van der Waals surface area contributed by atoms with Gasteiger partial charge in [-0.1, -0.05) is 0 Å². The maximum Gasteiger partial charge on any atom is 0.242 e. The Labute approximate surface area is 112 Å². The number of carbonyl (C=O) groups excluding carboxylic acids is 1. The number of carbonyl (C=O) groups is 1. The summed E-state index contributed by atoms with van der Waals surface area (Å²) in [5.41, 5.74) is 5.41. The summed E-state index contributed by atoms with van der Waals surface area (Å²) in [6.45, 7) is 6.05. The van der Waals surface area contributed by atoms with Crippen LogP contribution in [0, 0.1) is 6.92 Å². The van der Waals surface area contributed by atoms with Gasteiger partial charge in [-0.25, -0.2) is 9.97 Å². The molecule has 0 saturated carbocycles.